The standard InChI is InChI=1S/C15H30N4O2/c1-15(2,3)6-7-16-13(20)12-18-8-10-19(11-9-18)14(21)17(4)5/h6-12H2,1-5H3,(H,16,20). The first-order chi connectivity index (χ1) is 9.69. The van der Waals surface area contributed by atoms with E-state index in [-0.39, 0.29) is 17.4 Å². The molecule has 0 radical (unpaired) electrons. The van der Waals surface area contributed by atoms with Crippen molar-refractivity contribution in [1.29, 1.82) is 0 Å². The summed E-state index contributed by atoms with van der Waals surface area (Å²) < 4.78 is 0. The number of carbonyl (C=O) groups is 2. The molecule has 3 amide bonds. The van der Waals surface area contributed by atoms with E-state index in [4.69, 9.17) is 0 Å². The lowest BCUT2D eigenvalue weighted by Gasteiger charge is -2.35. The minimum absolute atomic E-state index is 0.0456. The van der Waals surface area contributed by atoms with Crippen LogP contribution in [0.25, 0.3) is 0 Å². The van der Waals surface area contributed by atoms with Crippen LogP contribution in [-0.4, -0.2) is 80.0 Å². The maximum absolute atomic E-state index is 11.9. The van der Waals surface area contributed by atoms with Crippen LogP contribution in [0.3, 0.4) is 0 Å². The van der Waals surface area contributed by atoms with Gasteiger partial charge in [-0.2, -0.15) is 0 Å². The average Bonchev–Trinajstić information content (AvgIpc) is 2.37. The van der Waals surface area contributed by atoms with Gasteiger partial charge in [-0.05, 0) is 11.8 Å². The van der Waals surface area contributed by atoms with Gasteiger partial charge in [0.25, 0.3) is 0 Å². The van der Waals surface area contributed by atoms with Crippen molar-refractivity contribution in [3.8, 4) is 0 Å². The second-order valence-electron chi connectivity index (χ2n) is 7.10. The highest BCUT2D eigenvalue weighted by molar-refractivity contribution is 5.78. The van der Waals surface area contributed by atoms with E-state index in [1.807, 2.05) is 4.90 Å². The van der Waals surface area contributed by atoms with Crippen LogP contribution in [0.5, 0.6) is 0 Å². The fraction of sp³-hybridized carbons (Fsp3) is 0.867. The minimum Gasteiger partial charge on any atom is -0.355 e. The van der Waals surface area contributed by atoms with Gasteiger partial charge in [-0.25, -0.2) is 4.79 Å². The largest absolute Gasteiger partial charge is 0.355 e. The summed E-state index contributed by atoms with van der Waals surface area (Å²) in [6, 6.07) is 0.0456. The number of nitrogens with zero attached hydrogens (tertiary/aromatic N) is 3. The Morgan fingerprint density at radius 1 is 1.10 bits per heavy atom. The molecule has 0 unspecified atom stereocenters. The summed E-state index contributed by atoms with van der Waals surface area (Å²) in [5.74, 6) is 0.0756. The molecule has 6 heteroatoms. The van der Waals surface area contributed by atoms with Gasteiger partial charge in [0.05, 0.1) is 6.54 Å². The lowest BCUT2D eigenvalue weighted by molar-refractivity contribution is -0.122. The van der Waals surface area contributed by atoms with Crippen LogP contribution in [0, 0.1) is 5.41 Å². The van der Waals surface area contributed by atoms with Gasteiger partial charge in [0.1, 0.15) is 0 Å². The van der Waals surface area contributed by atoms with Crippen LogP contribution in [0.4, 0.5) is 4.79 Å². The van der Waals surface area contributed by atoms with Crippen molar-refractivity contribution >= 4 is 11.9 Å². The Labute approximate surface area is 128 Å². The number of piperazine rings is 1. The Morgan fingerprint density at radius 3 is 2.14 bits per heavy atom. The second-order valence-corrected chi connectivity index (χ2v) is 7.10. The SMILES string of the molecule is CN(C)C(=O)N1CCN(CC(=O)NCCC(C)(C)C)CC1. The van der Waals surface area contributed by atoms with E-state index in [1.54, 1.807) is 19.0 Å². The summed E-state index contributed by atoms with van der Waals surface area (Å²) >= 11 is 0. The van der Waals surface area contributed by atoms with Gasteiger partial charge >= 0.3 is 6.03 Å². The first-order valence-corrected chi connectivity index (χ1v) is 7.64. The van der Waals surface area contributed by atoms with Gasteiger partial charge in [-0.15, -0.1) is 0 Å². The van der Waals surface area contributed by atoms with E-state index in [9.17, 15) is 9.59 Å². The monoisotopic (exact) mass is 298 g/mol. The van der Waals surface area contributed by atoms with Crippen LogP contribution >= 0.6 is 0 Å². The van der Waals surface area contributed by atoms with Crippen LogP contribution in [0.15, 0.2) is 0 Å². The number of hydrogen-bond acceptors (Lipinski definition) is 3. The van der Waals surface area contributed by atoms with Gasteiger partial charge in [-0.3, -0.25) is 9.69 Å². The molecule has 0 aliphatic carbocycles. The van der Waals surface area contributed by atoms with Gasteiger partial charge in [0, 0.05) is 46.8 Å². The summed E-state index contributed by atoms with van der Waals surface area (Å²) in [7, 11) is 3.52. The van der Waals surface area contributed by atoms with Crippen molar-refractivity contribution in [3.05, 3.63) is 0 Å². The van der Waals surface area contributed by atoms with Crippen molar-refractivity contribution in [2.45, 2.75) is 27.2 Å². The summed E-state index contributed by atoms with van der Waals surface area (Å²) in [4.78, 5) is 29.2. The van der Waals surface area contributed by atoms with Crippen molar-refractivity contribution in [1.82, 2.24) is 20.0 Å². The zero-order valence-corrected chi connectivity index (χ0v) is 14.1. The topological polar surface area (TPSA) is 55.9 Å². The second kappa shape index (κ2) is 7.64. The molecular formula is C15H30N4O2. The van der Waals surface area contributed by atoms with E-state index in [2.05, 4.69) is 31.0 Å². The fourth-order valence-corrected chi connectivity index (χ4v) is 2.22. The molecule has 6 nitrogen and oxygen atoms in total. The first kappa shape index (κ1) is 17.8. The average molecular weight is 298 g/mol. The van der Waals surface area contributed by atoms with Crippen molar-refractivity contribution in [2.75, 3.05) is 53.4 Å². The zero-order chi connectivity index (χ0) is 16.0. The van der Waals surface area contributed by atoms with Gasteiger partial charge in [-0.1, -0.05) is 20.8 Å². The Hall–Kier alpha value is -1.30. The Bertz CT molecular complexity index is 355. The van der Waals surface area contributed by atoms with Gasteiger partial charge < -0.3 is 15.1 Å². The minimum atomic E-state index is 0.0456. The molecule has 0 aromatic carbocycles. The van der Waals surface area contributed by atoms with Crippen LogP contribution in [0.2, 0.25) is 0 Å². The Kier molecular flexibility index (Phi) is 6.45. The number of nitrogens with one attached hydrogen (secondary N) is 1. The molecule has 0 aromatic heterocycles. The van der Waals surface area contributed by atoms with E-state index in [0.717, 1.165) is 26.1 Å². The molecule has 0 atom stereocenters. The lowest BCUT2D eigenvalue weighted by atomic mass is 9.92. The number of amides is 3. The molecule has 1 N–H and O–H groups in total. The molecule has 0 spiro atoms. The third-order valence-corrected chi connectivity index (χ3v) is 3.59. The number of hydrogen-bond donors (Lipinski definition) is 1. The lowest BCUT2D eigenvalue weighted by Crippen LogP contribution is -2.53. The maximum atomic E-state index is 11.9. The van der Waals surface area contributed by atoms with Crippen molar-refractivity contribution in [3.63, 3.8) is 0 Å². The number of urea groups is 1. The molecular weight excluding hydrogens is 268 g/mol. The third-order valence-electron chi connectivity index (χ3n) is 3.59. The number of rotatable bonds is 4. The molecule has 0 saturated carbocycles. The van der Waals surface area contributed by atoms with Crippen molar-refractivity contribution < 1.29 is 9.59 Å². The summed E-state index contributed by atoms with van der Waals surface area (Å²) in [5, 5.41) is 2.97. The quantitative estimate of drug-likeness (QED) is 0.837. The van der Waals surface area contributed by atoms with E-state index in [0.29, 0.717) is 19.6 Å². The highest BCUT2D eigenvalue weighted by Crippen LogP contribution is 2.16. The molecule has 1 fully saturated rings. The Balaban J connectivity index is 2.23. The molecule has 1 aliphatic rings. The highest BCUT2D eigenvalue weighted by Gasteiger charge is 2.23. The molecule has 1 saturated heterocycles. The normalized spacial score (nSPS) is 16.7. The summed E-state index contributed by atoms with van der Waals surface area (Å²) in [6.45, 7) is 10.5. The summed E-state index contributed by atoms with van der Waals surface area (Å²) in [6.07, 6.45) is 0.976. The summed E-state index contributed by atoms with van der Waals surface area (Å²) in [5.41, 5.74) is 0.242. The highest BCUT2D eigenvalue weighted by atomic mass is 16.2. The molecule has 0 bridgehead atoms. The van der Waals surface area contributed by atoms with Crippen LogP contribution < -0.4 is 5.32 Å². The molecule has 122 valence electrons. The van der Waals surface area contributed by atoms with Crippen molar-refractivity contribution in [2.24, 2.45) is 5.41 Å². The predicted octanol–water partition coefficient (Wildman–Crippen LogP) is 0.838. The zero-order valence-electron chi connectivity index (χ0n) is 14.1. The Morgan fingerprint density at radius 2 is 1.67 bits per heavy atom. The molecule has 21 heavy (non-hydrogen) atoms. The number of carbonyl (C=O) groups excluding carboxylic acids is 2. The van der Waals surface area contributed by atoms with Gasteiger partial charge in [0.2, 0.25) is 5.91 Å². The first-order valence-electron chi connectivity index (χ1n) is 7.64. The molecule has 1 aliphatic heterocycles. The molecule has 0 aromatic rings. The van der Waals surface area contributed by atoms with Crippen LogP contribution in [-0.2, 0) is 4.79 Å². The third kappa shape index (κ3) is 6.80. The van der Waals surface area contributed by atoms with E-state index < -0.39 is 0 Å². The smallest absolute Gasteiger partial charge is 0.319 e. The predicted molar refractivity (Wildman–Crippen MR) is 84.2 cm³/mol. The van der Waals surface area contributed by atoms with Crippen LogP contribution in [0.1, 0.15) is 27.2 Å². The molecule has 1 rings (SSSR count). The van der Waals surface area contributed by atoms with Gasteiger partial charge in [0.15, 0.2) is 0 Å². The van der Waals surface area contributed by atoms with E-state index in [1.165, 1.54) is 0 Å². The fourth-order valence-electron chi connectivity index (χ4n) is 2.22. The maximum Gasteiger partial charge on any atom is 0.319 e. The molecule has 1 heterocycles. The van der Waals surface area contributed by atoms with E-state index >= 15 is 0 Å².